The molecule has 0 aliphatic heterocycles. The van der Waals surface area contributed by atoms with Gasteiger partial charge < -0.3 is 10.2 Å². The number of carbonyl (C=O) groups is 1. The lowest BCUT2D eigenvalue weighted by atomic mass is 10.2. The molecule has 174 valence electrons. The third-order valence-corrected chi connectivity index (χ3v) is 8.18. The summed E-state index contributed by atoms with van der Waals surface area (Å²) in [5.41, 5.74) is -0.0726. The molecule has 1 aromatic carbocycles. The molecule has 0 spiro atoms. The van der Waals surface area contributed by atoms with Gasteiger partial charge in [-0.1, -0.05) is 6.07 Å². The Morgan fingerprint density at radius 1 is 1.15 bits per heavy atom. The minimum atomic E-state index is -4.67. The molecular weight excluding hydrogens is 457 g/mol. The van der Waals surface area contributed by atoms with Crippen LogP contribution < -0.4 is 10.2 Å². The topological polar surface area (TPSA) is 92.3 Å². The number of pyridine rings is 2. The number of nitrogens with zero attached hydrogens (tertiary/aromatic N) is 3. The van der Waals surface area contributed by atoms with Gasteiger partial charge in [-0.2, -0.15) is 13.2 Å². The molecule has 1 saturated carbocycles. The number of hydrogen-bond donors (Lipinski definition) is 1. The van der Waals surface area contributed by atoms with Crippen LogP contribution in [0.3, 0.4) is 0 Å². The number of alkyl halides is 3. The lowest BCUT2D eigenvalue weighted by molar-refractivity contribution is -0.137. The molecule has 2 aromatic heterocycles. The van der Waals surface area contributed by atoms with Gasteiger partial charge in [0.1, 0.15) is 0 Å². The first-order chi connectivity index (χ1) is 15.4. The number of hydrogen-bond acceptors (Lipinski definition) is 6. The summed E-state index contributed by atoms with van der Waals surface area (Å²) in [6.07, 6.45) is -3.89. The Morgan fingerprint density at radius 2 is 1.85 bits per heavy atom. The first-order valence-electron chi connectivity index (χ1n) is 10.0. The van der Waals surface area contributed by atoms with Crippen LogP contribution in [0.2, 0.25) is 0 Å². The number of aryl methyl sites for hydroxylation is 1. The molecular formula is C22H21F3N4O3S. The summed E-state index contributed by atoms with van der Waals surface area (Å²) in [5, 5.41) is 2.79. The molecule has 3 aromatic rings. The molecule has 7 nitrogen and oxygen atoms in total. The number of amides is 1. The minimum absolute atomic E-state index is 0.0323. The zero-order chi connectivity index (χ0) is 24.2. The lowest BCUT2D eigenvalue weighted by Crippen LogP contribution is -2.38. The second-order valence-electron chi connectivity index (χ2n) is 8.21. The van der Waals surface area contributed by atoms with Gasteiger partial charge in [-0.25, -0.2) is 13.4 Å². The fourth-order valence-electron chi connectivity index (χ4n) is 3.70. The molecule has 33 heavy (non-hydrogen) atoms. The Morgan fingerprint density at radius 3 is 2.45 bits per heavy atom. The van der Waals surface area contributed by atoms with E-state index in [-0.39, 0.29) is 29.2 Å². The van der Waals surface area contributed by atoms with Crippen LogP contribution in [0, 0.1) is 6.92 Å². The standard InChI is InChI=1S/C22H21F3N4O3S/c1-13-7-8-15-16(27-13)5-4-6-18(15)33(31,32)21(9-10-21)20(30)28-17-11-14(22(23,24)25)12-26-19(17)29(2)3/h4-8,11-12H,9-10H2,1-3H3,(H,28,30). The van der Waals surface area contributed by atoms with Crippen LogP contribution in [0.4, 0.5) is 24.7 Å². The summed E-state index contributed by atoms with van der Waals surface area (Å²) >= 11 is 0. The summed E-state index contributed by atoms with van der Waals surface area (Å²) in [5.74, 6) is -0.807. The van der Waals surface area contributed by atoms with E-state index in [4.69, 9.17) is 0 Å². The largest absolute Gasteiger partial charge is 0.417 e. The molecule has 1 aliphatic carbocycles. The van der Waals surface area contributed by atoms with Crippen molar-refractivity contribution in [3.05, 3.63) is 53.9 Å². The van der Waals surface area contributed by atoms with Crippen LogP contribution in [0.25, 0.3) is 10.9 Å². The second kappa shape index (κ2) is 7.68. The Labute approximate surface area is 188 Å². The van der Waals surface area contributed by atoms with Gasteiger partial charge in [-0.05, 0) is 50.1 Å². The van der Waals surface area contributed by atoms with Gasteiger partial charge in [0.05, 0.1) is 21.7 Å². The van der Waals surface area contributed by atoms with Crippen molar-refractivity contribution in [2.24, 2.45) is 0 Å². The quantitative estimate of drug-likeness (QED) is 0.597. The molecule has 0 unspecified atom stereocenters. The Balaban J connectivity index is 1.75. The van der Waals surface area contributed by atoms with Gasteiger partial charge in [-0.15, -0.1) is 0 Å². The van der Waals surface area contributed by atoms with Gasteiger partial charge in [0, 0.05) is 31.4 Å². The van der Waals surface area contributed by atoms with Crippen molar-refractivity contribution < 1.29 is 26.4 Å². The highest BCUT2D eigenvalue weighted by molar-refractivity contribution is 7.94. The highest BCUT2D eigenvalue weighted by atomic mass is 32.2. The van der Waals surface area contributed by atoms with E-state index >= 15 is 0 Å². The molecule has 4 rings (SSSR count). The number of sulfone groups is 1. The van der Waals surface area contributed by atoms with E-state index in [9.17, 15) is 26.4 Å². The van der Waals surface area contributed by atoms with Gasteiger partial charge in [-0.3, -0.25) is 9.78 Å². The van der Waals surface area contributed by atoms with Crippen molar-refractivity contribution >= 4 is 38.2 Å². The van der Waals surface area contributed by atoms with E-state index in [2.05, 4.69) is 15.3 Å². The van der Waals surface area contributed by atoms with Crippen LogP contribution in [-0.2, 0) is 20.8 Å². The fraction of sp³-hybridized carbons (Fsp3) is 0.318. The predicted molar refractivity (Wildman–Crippen MR) is 118 cm³/mol. The van der Waals surface area contributed by atoms with E-state index in [1.165, 1.54) is 11.0 Å². The van der Waals surface area contributed by atoms with Crippen LogP contribution in [0.5, 0.6) is 0 Å². The van der Waals surface area contributed by atoms with Crippen molar-refractivity contribution in [1.82, 2.24) is 9.97 Å². The minimum Gasteiger partial charge on any atom is -0.361 e. The van der Waals surface area contributed by atoms with Crippen molar-refractivity contribution in [2.45, 2.75) is 35.6 Å². The molecule has 2 heterocycles. The number of fused-ring (bicyclic) bond motifs is 1. The zero-order valence-electron chi connectivity index (χ0n) is 18.1. The summed E-state index contributed by atoms with van der Waals surface area (Å²) in [6, 6.07) is 8.72. The van der Waals surface area contributed by atoms with E-state index in [1.807, 2.05) is 0 Å². The van der Waals surface area contributed by atoms with E-state index in [0.717, 1.165) is 6.07 Å². The number of anilines is 2. The van der Waals surface area contributed by atoms with E-state index in [0.29, 0.717) is 22.8 Å². The van der Waals surface area contributed by atoms with Gasteiger partial charge in [0.2, 0.25) is 5.91 Å². The number of halogens is 3. The van der Waals surface area contributed by atoms with E-state index < -0.39 is 32.2 Å². The maximum absolute atomic E-state index is 13.6. The highest BCUT2D eigenvalue weighted by Crippen LogP contribution is 2.49. The van der Waals surface area contributed by atoms with Crippen LogP contribution >= 0.6 is 0 Å². The van der Waals surface area contributed by atoms with Gasteiger partial charge in [0.15, 0.2) is 20.4 Å². The Bertz CT molecular complexity index is 1370. The number of aromatic nitrogens is 2. The Hall–Kier alpha value is -3.21. The van der Waals surface area contributed by atoms with E-state index in [1.54, 1.807) is 45.3 Å². The molecule has 0 atom stereocenters. The number of nitrogens with one attached hydrogen (secondary N) is 1. The summed E-state index contributed by atoms with van der Waals surface area (Å²) in [6.45, 7) is 1.78. The molecule has 11 heteroatoms. The van der Waals surface area contributed by atoms with Crippen LogP contribution in [0.15, 0.2) is 47.5 Å². The monoisotopic (exact) mass is 478 g/mol. The summed E-state index contributed by atoms with van der Waals surface area (Å²) < 4.78 is 65.0. The molecule has 1 aliphatic rings. The third-order valence-electron chi connectivity index (χ3n) is 5.62. The zero-order valence-corrected chi connectivity index (χ0v) is 18.9. The smallest absolute Gasteiger partial charge is 0.361 e. The summed E-state index contributed by atoms with van der Waals surface area (Å²) in [4.78, 5) is 22.8. The average Bonchev–Trinajstić information content (AvgIpc) is 3.55. The normalized spacial score (nSPS) is 15.3. The highest BCUT2D eigenvalue weighted by Gasteiger charge is 2.61. The second-order valence-corrected chi connectivity index (χ2v) is 10.4. The predicted octanol–water partition coefficient (Wildman–Crippen LogP) is 3.97. The molecule has 1 amide bonds. The fourth-order valence-corrected chi connectivity index (χ4v) is 5.78. The lowest BCUT2D eigenvalue weighted by Gasteiger charge is -2.21. The average molecular weight is 478 g/mol. The summed E-state index contributed by atoms with van der Waals surface area (Å²) in [7, 11) is -1.06. The van der Waals surface area contributed by atoms with Crippen LogP contribution in [-0.4, -0.2) is 43.1 Å². The van der Waals surface area contributed by atoms with Gasteiger partial charge in [0.25, 0.3) is 0 Å². The Kier molecular flexibility index (Phi) is 5.35. The first kappa shape index (κ1) is 23.0. The molecule has 1 fully saturated rings. The van der Waals surface area contributed by atoms with Crippen LogP contribution in [0.1, 0.15) is 24.1 Å². The molecule has 0 bridgehead atoms. The number of rotatable bonds is 5. The number of benzene rings is 1. The van der Waals surface area contributed by atoms with Crippen molar-refractivity contribution in [2.75, 3.05) is 24.3 Å². The molecule has 1 N–H and O–H groups in total. The molecule has 0 saturated heterocycles. The number of carbonyl (C=O) groups excluding carboxylic acids is 1. The third kappa shape index (κ3) is 3.90. The maximum Gasteiger partial charge on any atom is 0.417 e. The van der Waals surface area contributed by atoms with Crippen molar-refractivity contribution in [3.8, 4) is 0 Å². The first-order valence-corrected chi connectivity index (χ1v) is 11.5. The molecule has 0 radical (unpaired) electrons. The SMILES string of the molecule is Cc1ccc2c(S(=O)(=O)C3(C(=O)Nc4cc(C(F)(F)F)cnc4N(C)C)CC3)cccc2n1. The van der Waals surface area contributed by atoms with Gasteiger partial charge >= 0.3 is 6.18 Å². The maximum atomic E-state index is 13.6. The van der Waals surface area contributed by atoms with Crippen molar-refractivity contribution in [3.63, 3.8) is 0 Å². The van der Waals surface area contributed by atoms with Crippen molar-refractivity contribution in [1.29, 1.82) is 0 Å².